The Kier molecular flexibility index (Phi) is 3.47. The molecule has 0 radical (unpaired) electrons. The van der Waals surface area contributed by atoms with Crippen LogP contribution in [0.4, 0.5) is 5.69 Å². The van der Waals surface area contributed by atoms with Gasteiger partial charge in [0.25, 0.3) is 0 Å². The van der Waals surface area contributed by atoms with E-state index >= 15 is 0 Å². The SMILES string of the molecule is Cc1cc(Oc2cccc(C(C)(C)C)c2)ncc1N. The summed E-state index contributed by atoms with van der Waals surface area (Å²) in [6.45, 7) is 8.47. The number of nitrogen functional groups attached to an aromatic ring is 1. The normalized spacial score (nSPS) is 11.4. The molecule has 0 spiro atoms. The van der Waals surface area contributed by atoms with Crippen LogP contribution in [0, 0.1) is 6.92 Å². The number of ether oxygens (including phenoxy) is 1. The Morgan fingerprint density at radius 2 is 1.89 bits per heavy atom. The van der Waals surface area contributed by atoms with Crippen molar-refractivity contribution in [2.24, 2.45) is 0 Å². The lowest BCUT2D eigenvalue weighted by Gasteiger charge is -2.19. The fraction of sp³-hybridized carbons (Fsp3) is 0.312. The van der Waals surface area contributed by atoms with Crippen LogP contribution in [0.5, 0.6) is 11.6 Å². The van der Waals surface area contributed by atoms with Crippen molar-refractivity contribution in [2.45, 2.75) is 33.1 Å². The second-order valence-corrected chi connectivity index (χ2v) is 5.76. The number of nitrogens with zero attached hydrogens (tertiary/aromatic N) is 1. The molecule has 0 aliphatic heterocycles. The molecule has 0 amide bonds. The predicted octanol–water partition coefficient (Wildman–Crippen LogP) is 4.06. The maximum absolute atomic E-state index is 5.78. The number of hydrogen-bond donors (Lipinski definition) is 1. The summed E-state index contributed by atoms with van der Waals surface area (Å²) in [4.78, 5) is 4.18. The standard InChI is InChI=1S/C16H20N2O/c1-11-8-15(18-10-14(11)17)19-13-7-5-6-12(9-13)16(2,3)4/h5-10H,17H2,1-4H3. The number of anilines is 1. The average Bonchev–Trinajstić information content (AvgIpc) is 2.33. The Hall–Kier alpha value is -2.03. The van der Waals surface area contributed by atoms with E-state index in [1.54, 1.807) is 6.20 Å². The zero-order chi connectivity index (χ0) is 14.0. The van der Waals surface area contributed by atoms with Crippen LogP contribution >= 0.6 is 0 Å². The van der Waals surface area contributed by atoms with Gasteiger partial charge in [-0.3, -0.25) is 0 Å². The third kappa shape index (κ3) is 3.25. The number of nitrogens with two attached hydrogens (primary N) is 1. The van der Waals surface area contributed by atoms with Gasteiger partial charge in [-0.1, -0.05) is 32.9 Å². The minimum atomic E-state index is 0.101. The molecule has 2 N–H and O–H groups in total. The summed E-state index contributed by atoms with van der Waals surface area (Å²) in [5.41, 5.74) is 8.73. The molecular formula is C16H20N2O. The van der Waals surface area contributed by atoms with Gasteiger partial charge in [-0.2, -0.15) is 0 Å². The monoisotopic (exact) mass is 256 g/mol. The van der Waals surface area contributed by atoms with Crippen LogP contribution in [-0.2, 0) is 5.41 Å². The van der Waals surface area contributed by atoms with Crippen molar-refractivity contribution >= 4 is 5.69 Å². The van der Waals surface area contributed by atoms with Crippen molar-refractivity contribution < 1.29 is 4.74 Å². The van der Waals surface area contributed by atoms with Crippen LogP contribution in [0.15, 0.2) is 36.5 Å². The minimum absolute atomic E-state index is 0.101. The maximum atomic E-state index is 5.78. The third-order valence-corrected chi connectivity index (χ3v) is 3.05. The highest BCUT2D eigenvalue weighted by molar-refractivity contribution is 5.46. The quantitative estimate of drug-likeness (QED) is 0.881. The van der Waals surface area contributed by atoms with Gasteiger partial charge in [0.2, 0.25) is 5.88 Å². The molecule has 0 aliphatic rings. The van der Waals surface area contributed by atoms with Crippen molar-refractivity contribution in [1.29, 1.82) is 0 Å². The molecule has 1 aromatic carbocycles. The lowest BCUT2D eigenvalue weighted by Crippen LogP contribution is -2.10. The smallest absolute Gasteiger partial charge is 0.219 e. The molecule has 0 aliphatic carbocycles. The van der Waals surface area contributed by atoms with Gasteiger partial charge < -0.3 is 10.5 Å². The molecule has 19 heavy (non-hydrogen) atoms. The van der Waals surface area contributed by atoms with Crippen LogP contribution in [0.3, 0.4) is 0 Å². The summed E-state index contributed by atoms with van der Waals surface area (Å²) in [5.74, 6) is 1.36. The van der Waals surface area contributed by atoms with E-state index in [2.05, 4.69) is 31.8 Å². The van der Waals surface area contributed by atoms with Gasteiger partial charge in [-0.25, -0.2) is 4.98 Å². The minimum Gasteiger partial charge on any atom is -0.439 e. The summed E-state index contributed by atoms with van der Waals surface area (Å²) in [6.07, 6.45) is 1.62. The Morgan fingerprint density at radius 3 is 2.53 bits per heavy atom. The van der Waals surface area contributed by atoms with E-state index in [0.717, 1.165) is 11.3 Å². The summed E-state index contributed by atoms with van der Waals surface area (Å²) in [6, 6.07) is 9.93. The van der Waals surface area contributed by atoms with E-state index in [1.807, 2.05) is 31.2 Å². The molecule has 3 heteroatoms. The van der Waals surface area contributed by atoms with Gasteiger partial charge in [0.15, 0.2) is 0 Å². The third-order valence-electron chi connectivity index (χ3n) is 3.05. The molecule has 1 aromatic heterocycles. The first-order valence-corrected chi connectivity index (χ1v) is 6.37. The number of pyridine rings is 1. The van der Waals surface area contributed by atoms with E-state index in [1.165, 1.54) is 5.56 Å². The van der Waals surface area contributed by atoms with Crippen molar-refractivity contribution in [2.75, 3.05) is 5.73 Å². The Bertz CT molecular complexity index is 586. The van der Waals surface area contributed by atoms with Crippen LogP contribution in [0.1, 0.15) is 31.9 Å². The number of benzene rings is 1. The number of rotatable bonds is 2. The first-order valence-electron chi connectivity index (χ1n) is 6.37. The fourth-order valence-corrected chi connectivity index (χ4v) is 1.74. The van der Waals surface area contributed by atoms with Gasteiger partial charge in [0, 0.05) is 6.07 Å². The molecule has 0 saturated carbocycles. The summed E-state index contributed by atoms with van der Waals surface area (Å²) in [7, 11) is 0. The fourth-order valence-electron chi connectivity index (χ4n) is 1.74. The van der Waals surface area contributed by atoms with Gasteiger partial charge in [-0.15, -0.1) is 0 Å². The van der Waals surface area contributed by atoms with Crippen molar-refractivity contribution in [1.82, 2.24) is 4.98 Å². The van der Waals surface area contributed by atoms with Crippen LogP contribution in [0.25, 0.3) is 0 Å². The highest BCUT2D eigenvalue weighted by Gasteiger charge is 2.14. The summed E-state index contributed by atoms with van der Waals surface area (Å²) < 4.78 is 5.78. The van der Waals surface area contributed by atoms with E-state index < -0.39 is 0 Å². The number of aryl methyl sites for hydroxylation is 1. The molecule has 2 aromatic rings. The Labute approximate surface area is 114 Å². The van der Waals surface area contributed by atoms with E-state index in [-0.39, 0.29) is 5.41 Å². The maximum Gasteiger partial charge on any atom is 0.219 e. The summed E-state index contributed by atoms with van der Waals surface area (Å²) >= 11 is 0. The summed E-state index contributed by atoms with van der Waals surface area (Å²) in [5, 5.41) is 0. The van der Waals surface area contributed by atoms with E-state index in [9.17, 15) is 0 Å². The Morgan fingerprint density at radius 1 is 1.16 bits per heavy atom. The van der Waals surface area contributed by atoms with Crippen LogP contribution in [0.2, 0.25) is 0 Å². The van der Waals surface area contributed by atoms with Gasteiger partial charge in [0.05, 0.1) is 11.9 Å². The first-order chi connectivity index (χ1) is 8.86. The largest absolute Gasteiger partial charge is 0.439 e. The number of hydrogen-bond acceptors (Lipinski definition) is 3. The predicted molar refractivity (Wildman–Crippen MR) is 78.6 cm³/mol. The molecule has 0 unspecified atom stereocenters. The topological polar surface area (TPSA) is 48.1 Å². The van der Waals surface area contributed by atoms with Crippen LogP contribution in [-0.4, -0.2) is 4.98 Å². The van der Waals surface area contributed by atoms with Gasteiger partial charge in [0.1, 0.15) is 5.75 Å². The molecule has 0 bridgehead atoms. The molecular weight excluding hydrogens is 236 g/mol. The van der Waals surface area contributed by atoms with Crippen molar-refractivity contribution in [3.05, 3.63) is 47.7 Å². The van der Waals surface area contributed by atoms with Gasteiger partial charge in [-0.05, 0) is 35.6 Å². The molecule has 0 saturated heterocycles. The molecule has 100 valence electrons. The van der Waals surface area contributed by atoms with Gasteiger partial charge >= 0.3 is 0 Å². The highest BCUT2D eigenvalue weighted by Crippen LogP contribution is 2.28. The van der Waals surface area contributed by atoms with Crippen molar-refractivity contribution in [3.8, 4) is 11.6 Å². The van der Waals surface area contributed by atoms with Crippen molar-refractivity contribution in [3.63, 3.8) is 0 Å². The highest BCUT2D eigenvalue weighted by atomic mass is 16.5. The lowest BCUT2D eigenvalue weighted by atomic mass is 9.87. The molecule has 2 rings (SSSR count). The zero-order valence-corrected chi connectivity index (χ0v) is 11.9. The second kappa shape index (κ2) is 4.92. The molecule has 0 fully saturated rings. The number of aromatic nitrogens is 1. The zero-order valence-electron chi connectivity index (χ0n) is 11.9. The Balaban J connectivity index is 2.26. The van der Waals surface area contributed by atoms with Crippen LogP contribution < -0.4 is 10.5 Å². The van der Waals surface area contributed by atoms with E-state index in [4.69, 9.17) is 10.5 Å². The van der Waals surface area contributed by atoms with E-state index in [0.29, 0.717) is 11.6 Å². The molecule has 0 atom stereocenters. The first kappa shape index (κ1) is 13.4. The second-order valence-electron chi connectivity index (χ2n) is 5.76. The lowest BCUT2D eigenvalue weighted by molar-refractivity contribution is 0.459. The molecule has 3 nitrogen and oxygen atoms in total. The molecule has 1 heterocycles. The average molecular weight is 256 g/mol.